The number of halogens is 3. The van der Waals surface area contributed by atoms with Crippen molar-refractivity contribution in [2.24, 2.45) is 5.92 Å². The van der Waals surface area contributed by atoms with Crippen LogP contribution in [0.2, 0.25) is 0 Å². The Labute approximate surface area is 122 Å². The van der Waals surface area contributed by atoms with E-state index in [1.165, 1.54) is 25.7 Å². The number of thioether (sulfide) groups is 1. The average Bonchev–Trinajstić information content (AvgIpc) is 2.36. The SMILES string of the molecule is CC1CCCC(NCc2ccc(SC(F)(F)F)cc2)C1. The van der Waals surface area contributed by atoms with Crippen LogP contribution < -0.4 is 5.32 Å². The molecule has 2 unspecified atom stereocenters. The quantitative estimate of drug-likeness (QED) is 0.788. The Morgan fingerprint density at radius 3 is 2.50 bits per heavy atom. The van der Waals surface area contributed by atoms with Crippen LogP contribution in [0.1, 0.15) is 38.2 Å². The zero-order chi connectivity index (χ0) is 14.6. The number of benzene rings is 1. The molecule has 2 rings (SSSR count). The minimum absolute atomic E-state index is 0.0645. The van der Waals surface area contributed by atoms with Gasteiger partial charge in [0.05, 0.1) is 0 Å². The second-order valence-electron chi connectivity index (χ2n) is 5.54. The van der Waals surface area contributed by atoms with Crippen molar-refractivity contribution in [1.29, 1.82) is 0 Å². The van der Waals surface area contributed by atoms with Crippen LogP contribution in [0, 0.1) is 5.92 Å². The summed E-state index contributed by atoms with van der Waals surface area (Å²) in [4.78, 5) is 0.243. The molecule has 0 saturated heterocycles. The predicted molar refractivity (Wildman–Crippen MR) is 76.6 cm³/mol. The van der Waals surface area contributed by atoms with Crippen molar-refractivity contribution >= 4 is 11.8 Å². The van der Waals surface area contributed by atoms with Crippen LogP contribution in [-0.2, 0) is 6.54 Å². The van der Waals surface area contributed by atoms with Crippen LogP contribution in [0.25, 0.3) is 0 Å². The van der Waals surface area contributed by atoms with Crippen LogP contribution in [0.3, 0.4) is 0 Å². The number of hydrogen-bond donors (Lipinski definition) is 1. The number of alkyl halides is 3. The van der Waals surface area contributed by atoms with Gasteiger partial charge in [-0.25, -0.2) is 0 Å². The fourth-order valence-electron chi connectivity index (χ4n) is 2.69. The highest BCUT2D eigenvalue weighted by Crippen LogP contribution is 2.36. The first-order valence-electron chi connectivity index (χ1n) is 7.00. The van der Waals surface area contributed by atoms with E-state index in [-0.39, 0.29) is 16.7 Å². The molecule has 0 aromatic heterocycles. The van der Waals surface area contributed by atoms with E-state index in [4.69, 9.17) is 0 Å². The van der Waals surface area contributed by atoms with Crippen molar-refractivity contribution in [3.63, 3.8) is 0 Å². The zero-order valence-electron chi connectivity index (χ0n) is 11.5. The maximum absolute atomic E-state index is 12.2. The van der Waals surface area contributed by atoms with E-state index in [1.54, 1.807) is 24.3 Å². The van der Waals surface area contributed by atoms with Crippen LogP contribution in [0.5, 0.6) is 0 Å². The lowest BCUT2D eigenvalue weighted by atomic mass is 9.87. The van der Waals surface area contributed by atoms with Crippen molar-refractivity contribution < 1.29 is 13.2 Å². The molecule has 1 nitrogen and oxygen atoms in total. The number of rotatable bonds is 4. The molecule has 0 aliphatic heterocycles. The van der Waals surface area contributed by atoms with Gasteiger partial charge in [-0.2, -0.15) is 13.2 Å². The summed E-state index contributed by atoms with van der Waals surface area (Å²) < 4.78 is 36.7. The van der Waals surface area contributed by atoms with Gasteiger partial charge in [-0.3, -0.25) is 0 Å². The predicted octanol–water partition coefficient (Wildman–Crippen LogP) is 4.97. The molecule has 1 aromatic rings. The molecular formula is C15H20F3NS. The average molecular weight is 303 g/mol. The fraction of sp³-hybridized carbons (Fsp3) is 0.600. The first kappa shape index (κ1) is 15.7. The van der Waals surface area contributed by atoms with Gasteiger partial charge in [0.2, 0.25) is 0 Å². The van der Waals surface area contributed by atoms with Gasteiger partial charge in [-0.1, -0.05) is 31.9 Å². The highest BCUT2D eigenvalue weighted by atomic mass is 32.2. The summed E-state index contributed by atoms with van der Waals surface area (Å²) in [6.07, 6.45) is 4.97. The van der Waals surface area contributed by atoms with E-state index >= 15 is 0 Å². The zero-order valence-corrected chi connectivity index (χ0v) is 12.4. The Balaban J connectivity index is 1.81. The summed E-state index contributed by atoms with van der Waals surface area (Å²) in [7, 11) is 0. The van der Waals surface area contributed by atoms with E-state index in [9.17, 15) is 13.2 Å². The highest BCUT2D eigenvalue weighted by Gasteiger charge is 2.29. The smallest absolute Gasteiger partial charge is 0.310 e. The molecule has 1 N–H and O–H groups in total. The van der Waals surface area contributed by atoms with Gasteiger partial charge in [0.25, 0.3) is 0 Å². The maximum atomic E-state index is 12.2. The fourth-order valence-corrected chi connectivity index (χ4v) is 3.23. The molecule has 1 aliphatic carbocycles. The van der Waals surface area contributed by atoms with Gasteiger partial charge in [0, 0.05) is 17.5 Å². The molecule has 20 heavy (non-hydrogen) atoms. The van der Waals surface area contributed by atoms with Crippen molar-refractivity contribution in [3.05, 3.63) is 29.8 Å². The molecule has 1 aliphatic rings. The molecule has 2 atom stereocenters. The van der Waals surface area contributed by atoms with Crippen molar-refractivity contribution in [1.82, 2.24) is 5.32 Å². The molecule has 112 valence electrons. The van der Waals surface area contributed by atoms with Crippen molar-refractivity contribution in [2.45, 2.75) is 55.6 Å². The first-order chi connectivity index (χ1) is 9.42. The summed E-state index contributed by atoms with van der Waals surface area (Å²) in [5.74, 6) is 0.770. The normalized spacial score (nSPS) is 23.8. The highest BCUT2D eigenvalue weighted by molar-refractivity contribution is 8.00. The second-order valence-corrected chi connectivity index (χ2v) is 6.68. The Kier molecular flexibility index (Phi) is 5.38. The molecule has 5 heteroatoms. The number of nitrogens with one attached hydrogen (secondary N) is 1. The molecule has 1 fully saturated rings. The molecule has 1 saturated carbocycles. The van der Waals surface area contributed by atoms with Gasteiger partial charge in [0.15, 0.2) is 0 Å². The third-order valence-electron chi connectivity index (χ3n) is 3.69. The summed E-state index contributed by atoms with van der Waals surface area (Å²) in [5, 5.41) is 3.51. The standard InChI is InChI=1S/C15H20F3NS/c1-11-3-2-4-13(9-11)19-10-12-5-7-14(8-6-12)20-15(16,17)18/h5-8,11,13,19H,2-4,9-10H2,1H3. The molecule has 0 heterocycles. The summed E-state index contributed by atoms with van der Waals surface area (Å²) >= 11 is -0.0645. The Hall–Kier alpha value is -0.680. The Morgan fingerprint density at radius 1 is 1.20 bits per heavy atom. The first-order valence-corrected chi connectivity index (χ1v) is 7.82. The van der Waals surface area contributed by atoms with Gasteiger partial charge >= 0.3 is 5.51 Å². The second kappa shape index (κ2) is 6.85. The van der Waals surface area contributed by atoms with Crippen molar-refractivity contribution in [2.75, 3.05) is 0 Å². The van der Waals surface area contributed by atoms with Gasteiger partial charge in [-0.15, -0.1) is 0 Å². The van der Waals surface area contributed by atoms with E-state index in [0.717, 1.165) is 18.0 Å². The number of hydrogen-bond acceptors (Lipinski definition) is 2. The lowest BCUT2D eigenvalue weighted by Gasteiger charge is -2.27. The minimum atomic E-state index is -4.21. The third kappa shape index (κ3) is 5.37. The monoisotopic (exact) mass is 303 g/mol. The van der Waals surface area contributed by atoms with Gasteiger partial charge in [-0.05, 0) is 48.2 Å². The lowest BCUT2D eigenvalue weighted by Crippen LogP contribution is -2.33. The van der Waals surface area contributed by atoms with Crippen LogP contribution in [0.4, 0.5) is 13.2 Å². The summed E-state index contributed by atoms with van der Waals surface area (Å²) in [5.41, 5.74) is -3.17. The molecule has 0 bridgehead atoms. The molecule has 1 aromatic carbocycles. The minimum Gasteiger partial charge on any atom is -0.310 e. The summed E-state index contributed by atoms with van der Waals surface area (Å²) in [6, 6.07) is 7.17. The largest absolute Gasteiger partial charge is 0.446 e. The van der Waals surface area contributed by atoms with E-state index in [2.05, 4.69) is 12.2 Å². The van der Waals surface area contributed by atoms with Gasteiger partial charge < -0.3 is 5.32 Å². The van der Waals surface area contributed by atoms with Crippen LogP contribution in [0.15, 0.2) is 29.2 Å². The molecule has 0 radical (unpaired) electrons. The van der Waals surface area contributed by atoms with Gasteiger partial charge in [0.1, 0.15) is 0 Å². The topological polar surface area (TPSA) is 12.0 Å². The Morgan fingerprint density at radius 2 is 1.90 bits per heavy atom. The molecule has 0 amide bonds. The maximum Gasteiger partial charge on any atom is 0.446 e. The molecular weight excluding hydrogens is 283 g/mol. The van der Waals surface area contributed by atoms with Crippen LogP contribution in [-0.4, -0.2) is 11.6 Å². The lowest BCUT2D eigenvalue weighted by molar-refractivity contribution is -0.0328. The third-order valence-corrected chi connectivity index (χ3v) is 4.43. The van der Waals surface area contributed by atoms with Crippen LogP contribution >= 0.6 is 11.8 Å². The van der Waals surface area contributed by atoms with E-state index in [0.29, 0.717) is 6.04 Å². The summed E-state index contributed by atoms with van der Waals surface area (Å²) in [6.45, 7) is 3.01. The van der Waals surface area contributed by atoms with E-state index in [1.807, 2.05) is 0 Å². The van der Waals surface area contributed by atoms with E-state index < -0.39 is 5.51 Å². The van der Waals surface area contributed by atoms with Crippen molar-refractivity contribution in [3.8, 4) is 0 Å². The molecule has 0 spiro atoms. The Bertz CT molecular complexity index is 416.